The average Bonchev–Trinajstić information content (AvgIpc) is 3.12. The molecule has 1 aromatic rings. The Balaban J connectivity index is 0.00000450. The topological polar surface area (TPSA) is 111 Å². The van der Waals surface area contributed by atoms with Crippen LogP contribution in [-0.2, 0) is 4.74 Å². The molecule has 0 radical (unpaired) electrons. The molecule has 0 spiro atoms. The molecule has 1 saturated heterocycles. The Kier molecular flexibility index (Phi) is 12.3. The molecule has 0 aliphatic carbocycles. The molecule has 1 aliphatic rings. The summed E-state index contributed by atoms with van der Waals surface area (Å²) in [5.74, 6) is 0.811. The Bertz CT molecular complexity index is 659. The van der Waals surface area contributed by atoms with E-state index in [1.54, 1.807) is 6.07 Å². The Morgan fingerprint density at radius 3 is 2.60 bits per heavy atom. The average molecular weight is 537 g/mol. The quantitative estimate of drug-likeness (QED) is 0.152. The summed E-state index contributed by atoms with van der Waals surface area (Å²) in [7, 11) is 0. The molecule has 0 saturated carbocycles. The zero-order valence-electron chi connectivity index (χ0n) is 18.2. The highest BCUT2D eigenvalue weighted by Crippen LogP contribution is 2.09. The van der Waals surface area contributed by atoms with E-state index in [1.165, 1.54) is 6.26 Å². The van der Waals surface area contributed by atoms with E-state index in [9.17, 15) is 9.90 Å². The molecular formula is C20H36IN5O4. The number of carbonyl (C=O) groups excluding carboxylic acids is 1. The van der Waals surface area contributed by atoms with Crippen molar-refractivity contribution in [3.63, 3.8) is 0 Å². The van der Waals surface area contributed by atoms with Gasteiger partial charge in [0.1, 0.15) is 0 Å². The Morgan fingerprint density at radius 2 is 1.97 bits per heavy atom. The molecule has 172 valence electrons. The lowest BCUT2D eigenvalue weighted by molar-refractivity contribution is -0.0180. The van der Waals surface area contributed by atoms with Crippen molar-refractivity contribution in [2.24, 2.45) is 4.99 Å². The predicted molar refractivity (Wildman–Crippen MR) is 128 cm³/mol. The van der Waals surface area contributed by atoms with Crippen molar-refractivity contribution in [3.05, 3.63) is 23.7 Å². The van der Waals surface area contributed by atoms with Gasteiger partial charge in [0, 0.05) is 44.8 Å². The van der Waals surface area contributed by atoms with Crippen molar-refractivity contribution in [1.82, 2.24) is 20.9 Å². The lowest BCUT2D eigenvalue weighted by Gasteiger charge is -2.33. The summed E-state index contributed by atoms with van der Waals surface area (Å²) in [5.41, 5.74) is -0.0829. The molecular weight excluding hydrogens is 501 g/mol. The van der Waals surface area contributed by atoms with Crippen molar-refractivity contribution in [3.8, 4) is 0 Å². The van der Waals surface area contributed by atoms with Gasteiger partial charge in [-0.3, -0.25) is 14.7 Å². The number of hydrogen-bond acceptors (Lipinski definition) is 6. The van der Waals surface area contributed by atoms with Crippen LogP contribution in [-0.4, -0.2) is 86.5 Å². The van der Waals surface area contributed by atoms with Crippen LogP contribution in [0, 0.1) is 6.92 Å². The number of hydrogen-bond donors (Lipinski definition) is 4. The zero-order valence-corrected chi connectivity index (χ0v) is 20.5. The number of amides is 1. The van der Waals surface area contributed by atoms with Gasteiger partial charge in [0.05, 0.1) is 31.6 Å². The summed E-state index contributed by atoms with van der Waals surface area (Å²) in [6.07, 6.45) is 2.25. The predicted octanol–water partition coefficient (Wildman–Crippen LogP) is 0.964. The Morgan fingerprint density at radius 1 is 1.27 bits per heavy atom. The van der Waals surface area contributed by atoms with Crippen LogP contribution in [0.5, 0.6) is 0 Å². The minimum absolute atomic E-state index is 0. The van der Waals surface area contributed by atoms with Crippen LogP contribution in [0.2, 0.25) is 0 Å². The first-order valence-electron chi connectivity index (χ1n) is 10.3. The van der Waals surface area contributed by atoms with Gasteiger partial charge in [0.15, 0.2) is 11.7 Å². The van der Waals surface area contributed by atoms with Crippen molar-refractivity contribution in [1.29, 1.82) is 0 Å². The van der Waals surface area contributed by atoms with E-state index in [4.69, 9.17) is 9.15 Å². The molecule has 30 heavy (non-hydrogen) atoms. The summed E-state index contributed by atoms with van der Waals surface area (Å²) in [5, 5.41) is 19.9. The number of nitrogens with zero attached hydrogens (tertiary/aromatic N) is 2. The maximum absolute atomic E-state index is 12.0. The fraction of sp³-hybridized carbons (Fsp3) is 0.700. The number of aliphatic imine (C=N–C) groups is 1. The van der Waals surface area contributed by atoms with Gasteiger partial charge in [0.2, 0.25) is 0 Å². The van der Waals surface area contributed by atoms with E-state index in [-0.39, 0.29) is 29.9 Å². The molecule has 0 aromatic carbocycles. The first-order chi connectivity index (χ1) is 13.9. The van der Waals surface area contributed by atoms with E-state index in [2.05, 4.69) is 25.8 Å². The van der Waals surface area contributed by atoms with Gasteiger partial charge in [0.25, 0.3) is 5.91 Å². The second kappa shape index (κ2) is 13.8. The van der Waals surface area contributed by atoms with Crippen molar-refractivity contribution < 1.29 is 19.1 Å². The third-order valence-corrected chi connectivity index (χ3v) is 4.59. The molecule has 1 unspecified atom stereocenters. The minimum Gasteiger partial charge on any atom is -0.459 e. The fourth-order valence-electron chi connectivity index (χ4n) is 3.06. The van der Waals surface area contributed by atoms with Crippen molar-refractivity contribution in [2.75, 3.05) is 59.0 Å². The van der Waals surface area contributed by atoms with Crippen LogP contribution in [0.1, 0.15) is 36.4 Å². The van der Waals surface area contributed by atoms with Gasteiger partial charge < -0.3 is 30.2 Å². The van der Waals surface area contributed by atoms with Gasteiger partial charge in [-0.25, -0.2) is 0 Å². The number of β-amino-alcohol motifs (C(OH)–C–C–N with tert-alkyl or cyclic N) is 1. The fourth-order valence-corrected chi connectivity index (χ4v) is 3.06. The first-order valence-corrected chi connectivity index (χ1v) is 10.3. The number of morpholine rings is 1. The highest BCUT2D eigenvalue weighted by molar-refractivity contribution is 14.0. The van der Waals surface area contributed by atoms with Crippen LogP contribution in [0.25, 0.3) is 0 Å². The summed E-state index contributed by atoms with van der Waals surface area (Å²) in [4.78, 5) is 18.7. The van der Waals surface area contributed by atoms with Crippen LogP contribution in [0.3, 0.4) is 0 Å². The first kappa shape index (κ1) is 26.7. The van der Waals surface area contributed by atoms with Crippen LogP contribution in [0.15, 0.2) is 21.7 Å². The summed E-state index contributed by atoms with van der Waals surface area (Å²) in [6.45, 7) is 11.5. The van der Waals surface area contributed by atoms with E-state index >= 15 is 0 Å². The number of halogens is 1. The van der Waals surface area contributed by atoms with E-state index in [0.717, 1.165) is 31.6 Å². The standard InChI is InChI=1S/C20H35N5O4.HI/c1-4-21-19(24-14-20(3,27)15-25-9-12-28-13-10-25)23-8-5-7-22-18(26)17-16(2)6-11-29-17;/h6,11,27H,4-5,7-10,12-15H2,1-3H3,(H,22,26)(H2,21,23,24);1H. The van der Waals surface area contributed by atoms with Gasteiger partial charge >= 0.3 is 0 Å². The highest BCUT2D eigenvalue weighted by Gasteiger charge is 2.25. The molecule has 1 atom stereocenters. The number of rotatable bonds is 10. The van der Waals surface area contributed by atoms with Crippen LogP contribution >= 0.6 is 24.0 Å². The van der Waals surface area contributed by atoms with Crippen LogP contribution in [0.4, 0.5) is 0 Å². The maximum atomic E-state index is 12.0. The third-order valence-electron chi connectivity index (χ3n) is 4.59. The van der Waals surface area contributed by atoms with Crippen molar-refractivity contribution >= 4 is 35.8 Å². The van der Waals surface area contributed by atoms with E-state index in [0.29, 0.717) is 51.1 Å². The summed E-state index contributed by atoms with van der Waals surface area (Å²) < 4.78 is 10.5. The number of furan rings is 1. The number of ether oxygens (including phenoxy) is 1. The van der Waals surface area contributed by atoms with E-state index < -0.39 is 5.60 Å². The van der Waals surface area contributed by atoms with Gasteiger partial charge in [-0.05, 0) is 33.3 Å². The highest BCUT2D eigenvalue weighted by atomic mass is 127. The maximum Gasteiger partial charge on any atom is 0.287 e. The van der Waals surface area contributed by atoms with Gasteiger partial charge in [-0.15, -0.1) is 24.0 Å². The third kappa shape index (κ3) is 9.63. The van der Waals surface area contributed by atoms with Gasteiger partial charge in [-0.2, -0.15) is 0 Å². The Hall–Kier alpha value is -1.37. The molecule has 2 rings (SSSR count). The molecule has 9 nitrogen and oxygen atoms in total. The number of guanidine groups is 1. The number of nitrogens with one attached hydrogen (secondary N) is 3. The number of aliphatic hydroxyl groups is 1. The molecule has 2 heterocycles. The van der Waals surface area contributed by atoms with E-state index in [1.807, 2.05) is 20.8 Å². The smallest absolute Gasteiger partial charge is 0.287 e. The molecule has 1 amide bonds. The monoisotopic (exact) mass is 537 g/mol. The molecule has 4 N–H and O–H groups in total. The normalized spacial score (nSPS) is 17.0. The second-order valence-electron chi connectivity index (χ2n) is 7.55. The largest absolute Gasteiger partial charge is 0.459 e. The number of carbonyl (C=O) groups is 1. The summed E-state index contributed by atoms with van der Waals surface area (Å²) >= 11 is 0. The zero-order chi connectivity index (χ0) is 21.1. The summed E-state index contributed by atoms with van der Waals surface area (Å²) in [6, 6.07) is 1.77. The minimum atomic E-state index is -0.908. The lowest BCUT2D eigenvalue weighted by Crippen LogP contribution is -2.48. The molecule has 1 aliphatic heterocycles. The molecule has 1 fully saturated rings. The number of aryl methyl sites for hydroxylation is 1. The van der Waals surface area contributed by atoms with Crippen LogP contribution < -0.4 is 16.0 Å². The van der Waals surface area contributed by atoms with Gasteiger partial charge in [-0.1, -0.05) is 0 Å². The Labute approximate surface area is 196 Å². The van der Waals surface area contributed by atoms with Crippen molar-refractivity contribution in [2.45, 2.75) is 32.8 Å². The second-order valence-corrected chi connectivity index (χ2v) is 7.55. The SMILES string of the molecule is CCNC(=NCC(C)(O)CN1CCOCC1)NCCCNC(=O)c1occc1C.I. The lowest BCUT2D eigenvalue weighted by atomic mass is 10.1. The molecule has 0 bridgehead atoms. The molecule has 1 aromatic heterocycles. The molecule has 10 heteroatoms.